The molecule has 124 valence electrons. The van der Waals surface area contributed by atoms with Crippen LogP contribution in [0.1, 0.15) is 41.0 Å². The quantitative estimate of drug-likeness (QED) is 0.724. The fourth-order valence-corrected chi connectivity index (χ4v) is 1.99. The van der Waals surface area contributed by atoms with Gasteiger partial charge in [-0.25, -0.2) is 0 Å². The van der Waals surface area contributed by atoms with Crippen LogP contribution in [-0.2, 0) is 4.79 Å². The Hall–Kier alpha value is -1.59. The van der Waals surface area contributed by atoms with Crippen LogP contribution in [0.15, 0.2) is 24.3 Å². The first kappa shape index (κ1) is 18.5. The fraction of sp³-hybridized carbons (Fsp3) is 0.588. The standard InChI is InChI=1S/C17H28N2O3/c1-6-16(21)18-13-7-9-14(10-8-13)22-11-15(20)12(2)19-17(3,4)5/h7-10,12,15,19-20H,6,11H2,1-5H3,(H,18,21). The van der Waals surface area contributed by atoms with Crippen LogP contribution >= 0.6 is 0 Å². The zero-order chi connectivity index (χ0) is 16.8. The second-order valence-corrected chi connectivity index (χ2v) is 6.49. The van der Waals surface area contributed by atoms with Gasteiger partial charge in [-0.2, -0.15) is 0 Å². The van der Waals surface area contributed by atoms with E-state index in [9.17, 15) is 9.90 Å². The van der Waals surface area contributed by atoms with E-state index < -0.39 is 6.10 Å². The van der Waals surface area contributed by atoms with Gasteiger partial charge < -0.3 is 20.5 Å². The maximum absolute atomic E-state index is 11.3. The second kappa shape index (κ2) is 8.15. The van der Waals surface area contributed by atoms with Crippen molar-refractivity contribution in [2.75, 3.05) is 11.9 Å². The molecule has 1 aromatic carbocycles. The molecule has 0 fully saturated rings. The van der Waals surface area contributed by atoms with Crippen molar-refractivity contribution in [2.24, 2.45) is 0 Å². The van der Waals surface area contributed by atoms with Crippen LogP contribution < -0.4 is 15.4 Å². The molecule has 1 aromatic rings. The normalized spacial score (nSPS) is 14.3. The number of hydrogen-bond acceptors (Lipinski definition) is 4. The summed E-state index contributed by atoms with van der Waals surface area (Å²) >= 11 is 0. The lowest BCUT2D eigenvalue weighted by atomic mass is 10.1. The van der Waals surface area contributed by atoms with Gasteiger partial charge in [0.05, 0.1) is 0 Å². The number of rotatable bonds is 7. The van der Waals surface area contributed by atoms with Crippen molar-refractivity contribution >= 4 is 11.6 Å². The van der Waals surface area contributed by atoms with E-state index in [1.807, 2.05) is 6.92 Å². The third kappa shape index (κ3) is 6.91. The minimum absolute atomic E-state index is 0.0221. The molecule has 0 radical (unpaired) electrons. The zero-order valence-corrected chi connectivity index (χ0v) is 14.1. The third-order valence-corrected chi connectivity index (χ3v) is 3.12. The van der Waals surface area contributed by atoms with Crippen molar-refractivity contribution in [1.29, 1.82) is 0 Å². The topological polar surface area (TPSA) is 70.6 Å². The number of carbonyl (C=O) groups excluding carboxylic acids is 1. The number of amides is 1. The third-order valence-electron chi connectivity index (χ3n) is 3.12. The molecule has 2 atom stereocenters. The van der Waals surface area contributed by atoms with E-state index in [4.69, 9.17) is 4.74 Å². The van der Waals surface area contributed by atoms with E-state index in [2.05, 4.69) is 31.4 Å². The molecule has 0 bridgehead atoms. The van der Waals surface area contributed by atoms with Gasteiger partial charge in [-0.05, 0) is 52.0 Å². The summed E-state index contributed by atoms with van der Waals surface area (Å²) < 4.78 is 5.59. The summed E-state index contributed by atoms with van der Waals surface area (Å²) in [5.74, 6) is 0.641. The molecule has 0 aromatic heterocycles. The average Bonchev–Trinajstić information content (AvgIpc) is 2.44. The molecular formula is C17H28N2O3. The Balaban J connectivity index is 2.46. The highest BCUT2D eigenvalue weighted by atomic mass is 16.5. The highest BCUT2D eigenvalue weighted by Crippen LogP contribution is 2.16. The number of hydrogen-bond donors (Lipinski definition) is 3. The number of aliphatic hydroxyl groups is 1. The van der Waals surface area contributed by atoms with E-state index >= 15 is 0 Å². The van der Waals surface area contributed by atoms with E-state index in [1.54, 1.807) is 31.2 Å². The molecule has 0 saturated heterocycles. The molecule has 2 unspecified atom stereocenters. The van der Waals surface area contributed by atoms with E-state index in [-0.39, 0.29) is 24.1 Å². The van der Waals surface area contributed by atoms with Crippen LogP contribution in [0.2, 0.25) is 0 Å². The lowest BCUT2D eigenvalue weighted by molar-refractivity contribution is -0.115. The first-order chi connectivity index (χ1) is 10.2. The van der Waals surface area contributed by atoms with Gasteiger partial charge in [-0.3, -0.25) is 4.79 Å². The second-order valence-electron chi connectivity index (χ2n) is 6.49. The molecule has 0 saturated carbocycles. The molecule has 0 aliphatic rings. The molecule has 0 aliphatic heterocycles. The van der Waals surface area contributed by atoms with Gasteiger partial charge in [-0.15, -0.1) is 0 Å². The first-order valence-corrected chi connectivity index (χ1v) is 7.69. The predicted octanol–water partition coefficient (Wildman–Crippen LogP) is 2.55. The molecular weight excluding hydrogens is 280 g/mol. The van der Waals surface area contributed by atoms with E-state index in [0.29, 0.717) is 12.2 Å². The number of benzene rings is 1. The van der Waals surface area contributed by atoms with Crippen molar-refractivity contribution in [3.05, 3.63) is 24.3 Å². The van der Waals surface area contributed by atoms with Crippen molar-refractivity contribution in [3.8, 4) is 5.75 Å². The van der Waals surface area contributed by atoms with Crippen molar-refractivity contribution < 1.29 is 14.6 Å². The lowest BCUT2D eigenvalue weighted by Gasteiger charge is -2.29. The highest BCUT2D eigenvalue weighted by molar-refractivity contribution is 5.90. The van der Waals surface area contributed by atoms with Gasteiger partial charge in [0.2, 0.25) is 5.91 Å². The van der Waals surface area contributed by atoms with Gasteiger partial charge in [0.25, 0.3) is 0 Å². The van der Waals surface area contributed by atoms with Crippen LogP contribution in [-0.4, -0.2) is 35.3 Å². The summed E-state index contributed by atoms with van der Waals surface area (Å²) in [5, 5.41) is 16.2. The Morgan fingerprint density at radius 3 is 2.36 bits per heavy atom. The number of carbonyl (C=O) groups is 1. The number of ether oxygens (including phenoxy) is 1. The van der Waals surface area contributed by atoms with Gasteiger partial charge in [0.15, 0.2) is 0 Å². The molecule has 3 N–H and O–H groups in total. The summed E-state index contributed by atoms with van der Waals surface area (Å²) in [6.07, 6.45) is -0.151. The SMILES string of the molecule is CCC(=O)Nc1ccc(OCC(O)C(C)NC(C)(C)C)cc1. The number of aliphatic hydroxyl groups excluding tert-OH is 1. The molecule has 0 aliphatic carbocycles. The summed E-state index contributed by atoms with van der Waals surface area (Å²) in [7, 11) is 0. The highest BCUT2D eigenvalue weighted by Gasteiger charge is 2.20. The van der Waals surface area contributed by atoms with Crippen LogP contribution in [0.25, 0.3) is 0 Å². The lowest BCUT2D eigenvalue weighted by Crippen LogP contribution is -2.49. The maximum atomic E-state index is 11.3. The largest absolute Gasteiger partial charge is 0.491 e. The number of anilines is 1. The van der Waals surface area contributed by atoms with Crippen LogP contribution in [0.3, 0.4) is 0 Å². The summed E-state index contributed by atoms with van der Waals surface area (Å²) in [6.45, 7) is 10.1. The Labute approximate surface area is 133 Å². The Kier molecular flexibility index (Phi) is 6.84. The minimum atomic E-state index is -0.598. The summed E-state index contributed by atoms with van der Waals surface area (Å²) in [4.78, 5) is 11.3. The first-order valence-electron chi connectivity index (χ1n) is 7.69. The van der Waals surface area contributed by atoms with E-state index in [1.165, 1.54) is 0 Å². The smallest absolute Gasteiger partial charge is 0.224 e. The summed E-state index contributed by atoms with van der Waals surface area (Å²) in [5.41, 5.74) is 0.682. The molecule has 22 heavy (non-hydrogen) atoms. The van der Waals surface area contributed by atoms with Crippen molar-refractivity contribution in [3.63, 3.8) is 0 Å². The maximum Gasteiger partial charge on any atom is 0.224 e. The monoisotopic (exact) mass is 308 g/mol. The molecule has 1 amide bonds. The predicted molar refractivity (Wildman–Crippen MR) is 89.2 cm³/mol. The van der Waals surface area contributed by atoms with Crippen LogP contribution in [0, 0.1) is 0 Å². The van der Waals surface area contributed by atoms with Gasteiger partial charge in [0, 0.05) is 23.7 Å². The van der Waals surface area contributed by atoms with Crippen molar-refractivity contribution in [2.45, 2.75) is 58.7 Å². The van der Waals surface area contributed by atoms with E-state index in [0.717, 1.165) is 5.69 Å². The summed E-state index contributed by atoms with van der Waals surface area (Å²) in [6, 6.07) is 7.06. The van der Waals surface area contributed by atoms with Crippen LogP contribution in [0.5, 0.6) is 5.75 Å². The van der Waals surface area contributed by atoms with Gasteiger partial charge in [0.1, 0.15) is 18.5 Å². The van der Waals surface area contributed by atoms with Gasteiger partial charge in [-0.1, -0.05) is 6.92 Å². The molecule has 1 rings (SSSR count). The molecule has 0 spiro atoms. The Morgan fingerprint density at radius 2 is 1.86 bits per heavy atom. The fourth-order valence-electron chi connectivity index (χ4n) is 1.99. The number of nitrogens with one attached hydrogen (secondary N) is 2. The Morgan fingerprint density at radius 1 is 1.27 bits per heavy atom. The molecule has 5 heteroatoms. The zero-order valence-electron chi connectivity index (χ0n) is 14.1. The van der Waals surface area contributed by atoms with Crippen molar-refractivity contribution in [1.82, 2.24) is 5.32 Å². The minimum Gasteiger partial charge on any atom is -0.491 e. The van der Waals surface area contributed by atoms with Gasteiger partial charge >= 0.3 is 0 Å². The van der Waals surface area contributed by atoms with Crippen LogP contribution in [0.4, 0.5) is 5.69 Å². The molecule has 5 nitrogen and oxygen atoms in total. The molecule has 0 heterocycles. The average molecular weight is 308 g/mol. The Bertz CT molecular complexity index is 466.